The summed E-state index contributed by atoms with van der Waals surface area (Å²) < 4.78 is 2.02. The molecule has 0 atom stereocenters. The topological polar surface area (TPSA) is 41.4 Å². The van der Waals surface area contributed by atoms with Crippen molar-refractivity contribution in [3.63, 3.8) is 0 Å². The van der Waals surface area contributed by atoms with Crippen molar-refractivity contribution < 1.29 is 4.79 Å². The number of carbonyl (C=O) groups is 1. The highest BCUT2D eigenvalue weighted by atomic mass is 35.5. The molecule has 6 heteroatoms. The summed E-state index contributed by atoms with van der Waals surface area (Å²) in [6, 6.07) is 14.0. The zero-order valence-electron chi connectivity index (χ0n) is 14.1. The molecule has 5 nitrogen and oxygen atoms in total. The van der Waals surface area contributed by atoms with Crippen LogP contribution in [0.1, 0.15) is 10.4 Å². The molecule has 4 rings (SSSR count). The molecule has 1 aliphatic heterocycles. The van der Waals surface area contributed by atoms with E-state index < -0.39 is 0 Å². The number of rotatable bonds is 2. The lowest BCUT2D eigenvalue weighted by Gasteiger charge is -2.35. The number of aromatic nitrogens is 2. The molecule has 1 saturated heterocycles. The Balaban J connectivity index is 0.00000182. The molecule has 0 aliphatic carbocycles. The number of imidazole rings is 1. The number of fused-ring (bicyclic) bond motifs is 1. The minimum absolute atomic E-state index is 0. The fraction of sp³-hybridized carbons (Fsp3) is 0.263. The third-order valence-electron chi connectivity index (χ3n) is 4.67. The van der Waals surface area contributed by atoms with Gasteiger partial charge in [0.05, 0.1) is 0 Å². The number of amides is 1. The first kappa shape index (κ1) is 17.3. The summed E-state index contributed by atoms with van der Waals surface area (Å²) in [7, 11) is 2.00. The number of piperazine rings is 1. The number of hydrogen-bond acceptors (Lipinski definition) is 3. The predicted molar refractivity (Wildman–Crippen MR) is 103 cm³/mol. The Morgan fingerprint density at radius 2 is 1.72 bits per heavy atom. The third-order valence-corrected chi connectivity index (χ3v) is 4.67. The van der Waals surface area contributed by atoms with Crippen molar-refractivity contribution in [2.45, 2.75) is 0 Å². The second kappa shape index (κ2) is 7.15. The highest BCUT2D eigenvalue weighted by Crippen LogP contribution is 2.21. The maximum Gasteiger partial charge on any atom is 0.254 e. The van der Waals surface area contributed by atoms with Crippen molar-refractivity contribution in [2.75, 3.05) is 31.1 Å². The Morgan fingerprint density at radius 1 is 1.00 bits per heavy atom. The second-order valence-corrected chi connectivity index (χ2v) is 6.14. The van der Waals surface area contributed by atoms with Crippen molar-refractivity contribution in [2.24, 2.45) is 7.05 Å². The van der Waals surface area contributed by atoms with Gasteiger partial charge in [0.2, 0.25) is 5.95 Å². The first-order valence-corrected chi connectivity index (χ1v) is 8.23. The van der Waals surface area contributed by atoms with Crippen molar-refractivity contribution in [1.82, 2.24) is 14.5 Å². The lowest BCUT2D eigenvalue weighted by Crippen LogP contribution is -2.49. The fourth-order valence-corrected chi connectivity index (χ4v) is 3.35. The Kier molecular flexibility index (Phi) is 4.95. The molecule has 2 heterocycles. The third kappa shape index (κ3) is 3.20. The molecule has 1 aliphatic rings. The van der Waals surface area contributed by atoms with Gasteiger partial charge in [-0.2, -0.15) is 0 Å². The van der Waals surface area contributed by atoms with Crippen LogP contribution in [0.15, 0.2) is 54.9 Å². The SMILES string of the molecule is Cl.Cn1ccnc1N1CCN(C(=O)c2cccc3ccccc23)CC1. The number of benzene rings is 2. The second-order valence-electron chi connectivity index (χ2n) is 6.14. The van der Waals surface area contributed by atoms with E-state index in [9.17, 15) is 4.79 Å². The van der Waals surface area contributed by atoms with E-state index in [1.165, 1.54) is 0 Å². The van der Waals surface area contributed by atoms with Crippen molar-refractivity contribution in [1.29, 1.82) is 0 Å². The smallest absolute Gasteiger partial charge is 0.254 e. The normalized spacial score (nSPS) is 14.4. The molecule has 0 unspecified atom stereocenters. The molecule has 0 saturated carbocycles. The minimum Gasteiger partial charge on any atom is -0.339 e. The van der Waals surface area contributed by atoms with Gasteiger partial charge in [-0.15, -0.1) is 12.4 Å². The van der Waals surface area contributed by atoms with Gasteiger partial charge in [0.25, 0.3) is 5.91 Å². The van der Waals surface area contributed by atoms with E-state index in [1.807, 2.05) is 71.4 Å². The molecular formula is C19H21ClN4O. The largest absolute Gasteiger partial charge is 0.339 e. The Labute approximate surface area is 153 Å². The monoisotopic (exact) mass is 356 g/mol. The predicted octanol–water partition coefficient (Wildman–Crippen LogP) is 2.96. The van der Waals surface area contributed by atoms with Gasteiger partial charge in [-0.1, -0.05) is 36.4 Å². The van der Waals surface area contributed by atoms with Gasteiger partial charge < -0.3 is 14.4 Å². The summed E-state index contributed by atoms with van der Waals surface area (Å²) >= 11 is 0. The summed E-state index contributed by atoms with van der Waals surface area (Å²) in [5, 5.41) is 2.13. The van der Waals surface area contributed by atoms with Gasteiger partial charge in [-0.25, -0.2) is 4.98 Å². The van der Waals surface area contributed by atoms with Crippen LogP contribution in [0.4, 0.5) is 5.95 Å². The number of carbonyl (C=O) groups excluding carboxylic acids is 1. The highest BCUT2D eigenvalue weighted by molar-refractivity contribution is 6.07. The lowest BCUT2D eigenvalue weighted by atomic mass is 10.0. The van der Waals surface area contributed by atoms with Crippen LogP contribution in [-0.4, -0.2) is 46.5 Å². The fourth-order valence-electron chi connectivity index (χ4n) is 3.35. The quantitative estimate of drug-likeness (QED) is 0.709. The molecule has 0 radical (unpaired) electrons. The Hall–Kier alpha value is -2.53. The van der Waals surface area contributed by atoms with Gasteiger partial charge in [0.1, 0.15) is 0 Å². The molecule has 130 valence electrons. The number of hydrogen-bond donors (Lipinski definition) is 0. The number of halogens is 1. The van der Waals surface area contributed by atoms with Crippen LogP contribution in [-0.2, 0) is 7.05 Å². The van der Waals surface area contributed by atoms with Crippen molar-refractivity contribution >= 4 is 35.0 Å². The van der Waals surface area contributed by atoms with Gasteiger partial charge in [-0.05, 0) is 16.8 Å². The first-order valence-electron chi connectivity index (χ1n) is 8.23. The maximum absolute atomic E-state index is 13.0. The molecule has 1 aromatic heterocycles. The zero-order chi connectivity index (χ0) is 16.5. The number of aryl methyl sites for hydroxylation is 1. The average molecular weight is 357 g/mol. The molecular weight excluding hydrogens is 336 g/mol. The summed E-state index contributed by atoms with van der Waals surface area (Å²) in [4.78, 5) is 21.5. The summed E-state index contributed by atoms with van der Waals surface area (Å²) in [5.74, 6) is 1.08. The highest BCUT2D eigenvalue weighted by Gasteiger charge is 2.24. The molecule has 0 spiro atoms. The van der Waals surface area contributed by atoms with Gasteiger partial charge in [-0.3, -0.25) is 4.79 Å². The summed E-state index contributed by atoms with van der Waals surface area (Å²) in [6.07, 6.45) is 3.76. The first-order chi connectivity index (χ1) is 11.7. The van der Waals surface area contributed by atoms with E-state index in [4.69, 9.17) is 0 Å². The van der Waals surface area contributed by atoms with E-state index in [1.54, 1.807) is 0 Å². The Morgan fingerprint density at radius 3 is 2.44 bits per heavy atom. The Bertz CT molecular complexity index is 879. The van der Waals surface area contributed by atoms with Gasteiger partial charge in [0.15, 0.2) is 0 Å². The van der Waals surface area contributed by atoms with Gasteiger partial charge >= 0.3 is 0 Å². The standard InChI is InChI=1S/C19H20N4O.ClH/c1-21-10-9-20-19(21)23-13-11-22(12-14-23)18(24)17-8-4-6-15-5-2-3-7-16(15)17;/h2-10H,11-14H2,1H3;1H. The van der Waals surface area contributed by atoms with Crippen molar-refractivity contribution in [3.8, 4) is 0 Å². The maximum atomic E-state index is 13.0. The molecule has 3 aromatic rings. The van der Waals surface area contributed by atoms with Crippen LogP contribution >= 0.6 is 12.4 Å². The van der Waals surface area contributed by atoms with Gasteiger partial charge in [0, 0.05) is 51.2 Å². The van der Waals surface area contributed by atoms with E-state index in [-0.39, 0.29) is 18.3 Å². The molecule has 1 fully saturated rings. The molecule has 25 heavy (non-hydrogen) atoms. The van der Waals surface area contributed by atoms with Crippen LogP contribution in [0.3, 0.4) is 0 Å². The van der Waals surface area contributed by atoms with Crippen LogP contribution in [0.5, 0.6) is 0 Å². The van der Waals surface area contributed by atoms with Crippen LogP contribution in [0, 0.1) is 0 Å². The lowest BCUT2D eigenvalue weighted by molar-refractivity contribution is 0.0748. The molecule has 0 bridgehead atoms. The zero-order valence-corrected chi connectivity index (χ0v) is 14.9. The molecule has 1 amide bonds. The molecule has 2 aromatic carbocycles. The molecule has 0 N–H and O–H groups in total. The number of nitrogens with zero attached hydrogens (tertiary/aromatic N) is 4. The van der Waals surface area contributed by atoms with Crippen molar-refractivity contribution in [3.05, 3.63) is 60.4 Å². The van der Waals surface area contributed by atoms with E-state index >= 15 is 0 Å². The van der Waals surface area contributed by atoms with E-state index in [0.29, 0.717) is 0 Å². The average Bonchev–Trinajstić information content (AvgIpc) is 3.07. The van der Waals surface area contributed by atoms with E-state index in [0.717, 1.165) is 48.5 Å². The number of anilines is 1. The van der Waals surface area contributed by atoms with Crippen LogP contribution in [0.25, 0.3) is 10.8 Å². The summed E-state index contributed by atoms with van der Waals surface area (Å²) in [6.45, 7) is 3.05. The van der Waals surface area contributed by atoms with Crippen LogP contribution < -0.4 is 4.90 Å². The minimum atomic E-state index is 0. The summed E-state index contributed by atoms with van der Waals surface area (Å²) in [5.41, 5.74) is 0.790. The van der Waals surface area contributed by atoms with E-state index in [2.05, 4.69) is 9.88 Å². The van der Waals surface area contributed by atoms with Crippen LogP contribution in [0.2, 0.25) is 0 Å².